The highest BCUT2D eigenvalue weighted by Crippen LogP contribution is 2.40. The molecule has 0 saturated heterocycles. The lowest BCUT2D eigenvalue weighted by Gasteiger charge is -2.35. The predicted octanol–water partition coefficient (Wildman–Crippen LogP) is 1.69. The lowest BCUT2D eigenvalue weighted by atomic mass is 9.75. The molecule has 5 nitrogen and oxygen atoms in total. The summed E-state index contributed by atoms with van der Waals surface area (Å²) in [6.07, 6.45) is 3.74. The number of H-pyrrole nitrogens is 1. The molecule has 18 heavy (non-hydrogen) atoms. The van der Waals surface area contributed by atoms with Gasteiger partial charge < -0.3 is 5.11 Å². The van der Waals surface area contributed by atoms with Gasteiger partial charge in [0.1, 0.15) is 0 Å². The van der Waals surface area contributed by atoms with Crippen LogP contribution in [0.3, 0.4) is 0 Å². The number of hydrogen-bond donors (Lipinski definition) is 2. The van der Waals surface area contributed by atoms with Crippen molar-refractivity contribution < 1.29 is 5.11 Å². The molecule has 0 unspecified atom stereocenters. The van der Waals surface area contributed by atoms with E-state index in [-0.39, 0.29) is 17.5 Å². The predicted molar refractivity (Wildman–Crippen MR) is 69.0 cm³/mol. The van der Waals surface area contributed by atoms with Crippen LogP contribution in [-0.2, 0) is 0 Å². The Hall–Kier alpha value is -1.52. The maximum absolute atomic E-state index is 11.8. The fourth-order valence-electron chi connectivity index (χ4n) is 2.61. The highest BCUT2D eigenvalue weighted by atomic mass is 16.3. The summed E-state index contributed by atoms with van der Waals surface area (Å²) in [5.41, 5.74) is -0.510. The highest BCUT2D eigenvalue weighted by Gasteiger charge is 2.29. The second-order valence-corrected chi connectivity index (χ2v) is 5.97. The minimum Gasteiger partial charge on any atom is -0.494 e. The molecule has 1 aromatic rings. The molecule has 1 fully saturated rings. The average molecular weight is 252 g/mol. The molecule has 0 radical (unpaired) electrons. The van der Waals surface area contributed by atoms with Crippen molar-refractivity contribution in [1.82, 2.24) is 9.55 Å². The van der Waals surface area contributed by atoms with Crippen LogP contribution in [-0.4, -0.2) is 14.7 Å². The summed E-state index contributed by atoms with van der Waals surface area (Å²) in [6, 6.07) is -0.0129. The van der Waals surface area contributed by atoms with Crippen molar-refractivity contribution >= 4 is 0 Å². The first kappa shape index (κ1) is 12.9. The maximum atomic E-state index is 11.8. The number of aromatic amines is 1. The van der Waals surface area contributed by atoms with E-state index in [2.05, 4.69) is 18.8 Å². The quantitative estimate of drug-likeness (QED) is 0.798. The average Bonchev–Trinajstić information content (AvgIpc) is 2.28. The van der Waals surface area contributed by atoms with Gasteiger partial charge in [0.2, 0.25) is 5.88 Å². The molecule has 1 heterocycles. The Labute approximate surface area is 105 Å². The molecule has 1 aromatic heterocycles. The van der Waals surface area contributed by atoms with Gasteiger partial charge in [-0.3, -0.25) is 14.3 Å². The van der Waals surface area contributed by atoms with Crippen molar-refractivity contribution in [3.63, 3.8) is 0 Å². The van der Waals surface area contributed by atoms with Crippen LogP contribution < -0.4 is 11.2 Å². The monoisotopic (exact) mass is 252 g/mol. The summed E-state index contributed by atoms with van der Waals surface area (Å²) in [5.74, 6) is -0.187. The molecule has 5 heteroatoms. The second kappa shape index (κ2) is 4.30. The largest absolute Gasteiger partial charge is 0.494 e. The number of hydrogen-bond acceptors (Lipinski definition) is 3. The van der Waals surface area contributed by atoms with E-state index >= 15 is 0 Å². The number of nitrogens with zero attached hydrogens (tertiary/aromatic N) is 1. The van der Waals surface area contributed by atoms with Gasteiger partial charge in [-0.25, -0.2) is 4.79 Å². The Kier molecular flexibility index (Phi) is 3.09. The minimum atomic E-state index is -0.509. The smallest absolute Gasteiger partial charge is 0.331 e. The fraction of sp³-hybridized carbons (Fsp3) is 0.692. The fourth-order valence-corrected chi connectivity index (χ4v) is 2.61. The SMILES string of the molecule is Cc1c(O)n(C2CCC(C)(C)CC2)c(=O)[nH]c1=O. The van der Waals surface area contributed by atoms with Gasteiger partial charge in [-0.1, -0.05) is 13.8 Å². The van der Waals surface area contributed by atoms with Gasteiger partial charge in [0, 0.05) is 6.04 Å². The van der Waals surface area contributed by atoms with Crippen LogP contribution >= 0.6 is 0 Å². The van der Waals surface area contributed by atoms with Crippen LogP contribution in [0.4, 0.5) is 0 Å². The molecule has 0 bridgehead atoms. The van der Waals surface area contributed by atoms with Crippen LogP contribution in [0.2, 0.25) is 0 Å². The number of aromatic hydroxyl groups is 1. The molecule has 0 aliphatic heterocycles. The van der Waals surface area contributed by atoms with E-state index in [1.54, 1.807) is 0 Å². The van der Waals surface area contributed by atoms with Crippen molar-refractivity contribution in [2.75, 3.05) is 0 Å². The third-order valence-corrected chi connectivity index (χ3v) is 4.02. The normalized spacial score (nSPS) is 19.9. The highest BCUT2D eigenvalue weighted by molar-refractivity contribution is 5.21. The molecule has 0 spiro atoms. The first-order valence-electron chi connectivity index (χ1n) is 6.36. The van der Waals surface area contributed by atoms with E-state index < -0.39 is 11.2 Å². The van der Waals surface area contributed by atoms with E-state index in [4.69, 9.17) is 0 Å². The van der Waals surface area contributed by atoms with E-state index in [1.807, 2.05) is 0 Å². The summed E-state index contributed by atoms with van der Waals surface area (Å²) >= 11 is 0. The zero-order chi connectivity index (χ0) is 13.5. The standard InChI is InChI=1S/C13H20N2O3/c1-8-10(16)14-12(18)15(11(8)17)9-4-6-13(2,3)7-5-9/h9,17H,4-7H2,1-3H3,(H,14,16,18). The molecular weight excluding hydrogens is 232 g/mol. The van der Waals surface area contributed by atoms with Gasteiger partial charge >= 0.3 is 5.69 Å². The lowest BCUT2D eigenvalue weighted by molar-refractivity contribution is 0.182. The molecule has 1 aliphatic rings. The van der Waals surface area contributed by atoms with Crippen molar-refractivity contribution in [3.05, 3.63) is 26.4 Å². The third kappa shape index (κ3) is 2.21. The summed E-state index contributed by atoms with van der Waals surface area (Å²) in [6.45, 7) is 5.95. The summed E-state index contributed by atoms with van der Waals surface area (Å²) in [5, 5.41) is 9.98. The molecule has 2 N–H and O–H groups in total. The molecule has 100 valence electrons. The molecule has 0 aromatic carbocycles. The van der Waals surface area contributed by atoms with Crippen LogP contribution in [0.1, 0.15) is 51.1 Å². The van der Waals surface area contributed by atoms with Crippen LogP contribution in [0, 0.1) is 12.3 Å². The van der Waals surface area contributed by atoms with E-state index in [0.29, 0.717) is 5.41 Å². The van der Waals surface area contributed by atoms with Gasteiger partial charge in [0.25, 0.3) is 5.56 Å². The van der Waals surface area contributed by atoms with E-state index in [1.165, 1.54) is 11.5 Å². The molecular formula is C13H20N2O3. The molecule has 0 atom stereocenters. The lowest BCUT2D eigenvalue weighted by Crippen LogP contribution is -2.36. The number of aromatic nitrogens is 2. The minimum absolute atomic E-state index is 0.0129. The Morgan fingerprint density at radius 2 is 1.83 bits per heavy atom. The second-order valence-electron chi connectivity index (χ2n) is 5.97. The van der Waals surface area contributed by atoms with Gasteiger partial charge in [0.15, 0.2) is 0 Å². The summed E-state index contributed by atoms with van der Waals surface area (Å²) in [4.78, 5) is 25.4. The first-order valence-corrected chi connectivity index (χ1v) is 6.36. The third-order valence-electron chi connectivity index (χ3n) is 4.02. The summed E-state index contributed by atoms with van der Waals surface area (Å²) in [7, 11) is 0. The Balaban J connectivity index is 2.39. The van der Waals surface area contributed by atoms with Crippen LogP contribution in [0.25, 0.3) is 0 Å². The van der Waals surface area contributed by atoms with Crippen LogP contribution in [0.5, 0.6) is 5.88 Å². The zero-order valence-electron chi connectivity index (χ0n) is 11.1. The Morgan fingerprint density at radius 3 is 2.39 bits per heavy atom. The number of rotatable bonds is 1. The van der Waals surface area contributed by atoms with Gasteiger partial charge in [-0.05, 0) is 38.0 Å². The molecule has 2 rings (SSSR count). The first-order chi connectivity index (χ1) is 8.32. The zero-order valence-corrected chi connectivity index (χ0v) is 11.1. The molecule has 1 aliphatic carbocycles. The van der Waals surface area contributed by atoms with Crippen molar-refractivity contribution in [1.29, 1.82) is 0 Å². The van der Waals surface area contributed by atoms with Gasteiger partial charge in [0.05, 0.1) is 5.56 Å². The topological polar surface area (TPSA) is 75.1 Å². The molecule has 1 saturated carbocycles. The maximum Gasteiger partial charge on any atom is 0.331 e. The van der Waals surface area contributed by atoms with E-state index in [9.17, 15) is 14.7 Å². The van der Waals surface area contributed by atoms with Crippen LogP contribution in [0.15, 0.2) is 9.59 Å². The molecule has 0 amide bonds. The van der Waals surface area contributed by atoms with Gasteiger partial charge in [-0.15, -0.1) is 0 Å². The van der Waals surface area contributed by atoms with Crippen molar-refractivity contribution in [2.45, 2.75) is 52.5 Å². The number of nitrogens with one attached hydrogen (secondary N) is 1. The van der Waals surface area contributed by atoms with Crippen molar-refractivity contribution in [3.8, 4) is 5.88 Å². The summed E-state index contributed by atoms with van der Waals surface area (Å²) < 4.78 is 1.34. The Bertz CT molecular complexity index is 559. The Morgan fingerprint density at radius 1 is 1.28 bits per heavy atom. The van der Waals surface area contributed by atoms with Crippen molar-refractivity contribution in [2.24, 2.45) is 5.41 Å². The van der Waals surface area contributed by atoms with Gasteiger partial charge in [-0.2, -0.15) is 0 Å². The van der Waals surface area contributed by atoms with E-state index in [0.717, 1.165) is 25.7 Å².